The third-order valence-corrected chi connectivity index (χ3v) is 4.64. The van der Waals surface area contributed by atoms with Gasteiger partial charge in [0, 0.05) is 29.4 Å². The van der Waals surface area contributed by atoms with Crippen LogP contribution in [0.15, 0.2) is 53.3 Å². The molecule has 28 heavy (non-hydrogen) atoms. The lowest BCUT2D eigenvalue weighted by molar-refractivity contribution is 0.146. The number of rotatable bonds is 6. The molecule has 2 N–H and O–H groups in total. The van der Waals surface area contributed by atoms with E-state index in [1.165, 1.54) is 6.33 Å². The first-order valence-electron chi connectivity index (χ1n) is 8.77. The number of anilines is 3. The van der Waals surface area contributed by atoms with Crippen molar-refractivity contribution >= 4 is 33.1 Å². The minimum Gasteiger partial charge on any atom is -0.491 e. The number of halogens is 1. The van der Waals surface area contributed by atoms with Gasteiger partial charge in [0.15, 0.2) is 5.82 Å². The molecule has 0 saturated carbocycles. The Labute approximate surface area is 171 Å². The van der Waals surface area contributed by atoms with Gasteiger partial charge in [-0.15, -0.1) is 0 Å². The molecule has 0 radical (unpaired) electrons. The lowest BCUT2D eigenvalue weighted by Crippen LogP contribution is -2.05. The van der Waals surface area contributed by atoms with Crippen molar-refractivity contribution < 1.29 is 14.2 Å². The second-order valence-electron chi connectivity index (χ2n) is 6.10. The van der Waals surface area contributed by atoms with Gasteiger partial charge in [0.2, 0.25) is 5.88 Å². The molecule has 0 aliphatic carbocycles. The number of hydrogen-bond donors (Lipinski definition) is 2. The lowest BCUT2D eigenvalue weighted by Gasteiger charge is -2.13. The van der Waals surface area contributed by atoms with Gasteiger partial charge < -0.3 is 24.8 Å². The molecule has 0 amide bonds. The standard InChI is InChI=1S/C20H19BrN4O3/c1-26-7-8-27-16-5-6-17-13(9-16)11-22-18-19(23-12-24-20(18)28-17)25-15-4-2-3-14(21)10-15/h2-6,9-10,12,22H,7-8,11H2,1H3,(H,23,24,25). The van der Waals surface area contributed by atoms with Gasteiger partial charge in [0.05, 0.1) is 6.61 Å². The Hall–Kier alpha value is -2.84. The molecule has 0 bridgehead atoms. The van der Waals surface area contributed by atoms with Crippen LogP contribution in [0.5, 0.6) is 17.4 Å². The van der Waals surface area contributed by atoms with E-state index in [0.717, 1.165) is 27.2 Å². The van der Waals surface area contributed by atoms with Crippen LogP contribution in [-0.2, 0) is 11.3 Å². The monoisotopic (exact) mass is 442 g/mol. The predicted molar refractivity (Wildman–Crippen MR) is 111 cm³/mol. The van der Waals surface area contributed by atoms with Crippen molar-refractivity contribution in [1.29, 1.82) is 0 Å². The number of nitrogens with one attached hydrogen (secondary N) is 2. The SMILES string of the molecule is COCCOc1ccc2c(c1)CNc1c(Nc3cccc(Br)c3)ncnc1O2. The molecule has 7 nitrogen and oxygen atoms in total. The number of hydrogen-bond acceptors (Lipinski definition) is 7. The molecule has 2 heterocycles. The molecule has 0 spiro atoms. The van der Waals surface area contributed by atoms with Crippen molar-refractivity contribution in [3.8, 4) is 17.4 Å². The van der Waals surface area contributed by atoms with Gasteiger partial charge >= 0.3 is 0 Å². The predicted octanol–water partition coefficient (Wildman–Crippen LogP) is 4.73. The zero-order valence-corrected chi connectivity index (χ0v) is 16.8. The summed E-state index contributed by atoms with van der Waals surface area (Å²) in [6.45, 7) is 1.60. The summed E-state index contributed by atoms with van der Waals surface area (Å²) >= 11 is 3.48. The van der Waals surface area contributed by atoms with E-state index in [4.69, 9.17) is 14.2 Å². The molecule has 1 aromatic heterocycles. The third kappa shape index (κ3) is 4.18. The first-order chi connectivity index (χ1) is 13.7. The average molecular weight is 443 g/mol. The van der Waals surface area contributed by atoms with Crippen LogP contribution in [0.4, 0.5) is 17.2 Å². The Morgan fingerprint density at radius 1 is 1.18 bits per heavy atom. The Morgan fingerprint density at radius 3 is 2.96 bits per heavy atom. The Kier molecular flexibility index (Phi) is 5.59. The fourth-order valence-electron chi connectivity index (χ4n) is 2.82. The molecule has 4 rings (SSSR count). The van der Waals surface area contributed by atoms with Crippen LogP contribution in [0.2, 0.25) is 0 Å². The van der Waals surface area contributed by atoms with Gasteiger partial charge in [0.25, 0.3) is 0 Å². The van der Waals surface area contributed by atoms with Gasteiger partial charge in [-0.05, 0) is 36.4 Å². The van der Waals surface area contributed by atoms with E-state index in [1.807, 2.05) is 42.5 Å². The summed E-state index contributed by atoms with van der Waals surface area (Å²) in [5, 5.41) is 6.69. The molecular weight excluding hydrogens is 424 g/mol. The quantitative estimate of drug-likeness (QED) is 0.534. The Morgan fingerprint density at radius 2 is 2.11 bits per heavy atom. The van der Waals surface area contributed by atoms with E-state index in [1.54, 1.807) is 7.11 Å². The third-order valence-electron chi connectivity index (χ3n) is 4.15. The van der Waals surface area contributed by atoms with Crippen molar-refractivity contribution in [2.75, 3.05) is 31.0 Å². The Bertz CT molecular complexity index is 983. The fraction of sp³-hybridized carbons (Fsp3) is 0.200. The van der Waals surface area contributed by atoms with Crippen molar-refractivity contribution in [3.63, 3.8) is 0 Å². The molecule has 0 fully saturated rings. The largest absolute Gasteiger partial charge is 0.491 e. The summed E-state index contributed by atoms with van der Waals surface area (Å²) in [5.74, 6) is 2.62. The number of benzene rings is 2. The maximum absolute atomic E-state index is 6.04. The van der Waals surface area contributed by atoms with Crippen LogP contribution in [0.1, 0.15) is 5.56 Å². The van der Waals surface area contributed by atoms with Crippen molar-refractivity contribution in [1.82, 2.24) is 9.97 Å². The molecular formula is C20H19BrN4O3. The van der Waals surface area contributed by atoms with Gasteiger partial charge in [-0.3, -0.25) is 0 Å². The molecule has 0 atom stereocenters. The Balaban J connectivity index is 1.57. The maximum atomic E-state index is 6.04. The molecule has 0 saturated heterocycles. The summed E-state index contributed by atoms with van der Waals surface area (Å²) in [7, 11) is 1.65. The fourth-order valence-corrected chi connectivity index (χ4v) is 3.22. The lowest BCUT2D eigenvalue weighted by atomic mass is 10.2. The highest BCUT2D eigenvalue weighted by atomic mass is 79.9. The number of methoxy groups -OCH3 is 1. The second-order valence-corrected chi connectivity index (χ2v) is 7.02. The maximum Gasteiger partial charge on any atom is 0.248 e. The highest BCUT2D eigenvalue weighted by Crippen LogP contribution is 2.39. The minimum atomic E-state index is 0.472. The van der Waals surface area contributed by atoms with Crippen molar-refractivity contribution in [2.24, 2.45) is 0 Å². The first-order valence-corrected chi connectivity index (χ1v) is 9.56. The van der Waals surface area contributed by atoms with Crippen LogP contribution in [-0.4, -0.2) is 30.3 Å². The van der Waals surface area contributed by atoms with E-state index in [0.29, 0.717) is 37.1 Å². The van der Waals surface area contributed by atoms with Gasteiger partial charge in [0.1, 0.15) is 30.1 Å². The average Bonchev–Trinajstić information content (AvgIpc) is 2.88. The molecule has 1 aliphatic heterocycles. The smallest absolute Gasteiger partial charge is 0.248 e. The molecule has 1 aliphatic rings. The van der Waals surface area contributed by atoms with E-state index in [9.17, 15) is 0 Å². The molecule has 0 unspecified atom stereocenters. The summed E-state index contributed by atoms with van der Waals surface area (Å²) in [4.78, 5) is 8.66. The summed E-state index contributed by atoms with van der Waals surface area (Å²) < 4.78 is 17.7. The van der Waals surface area contributed by atoms with Crippen LogP contribution in [0.3, 0.4) is 0 Å². The first kappa shape index (κ1) is 18.5. The van der Waals surface area contributed by atoms with Crippen molar-refractivity contribution in [3.05, 3.63) is 58.8 Å². The molecule has 144 valence electrons. The van der Waals surface area contributed by atoms with Gasteiger partial charge in [-0.1, -0.05) is 22.0 Å². The van der Waals surface area contributed by atoms with E-state index >= 15 is 0 Å². The van der Waals surface area contributed by atoms with Crippen LogP contribution in [0.25, 0.3) is 0 Å². The zero-order valence-electron chi connectivity index (χ0n) is 15.2. The van der Waals surface area contributed by atoms with Crippen LogP contribution < -0.4 is 20.1 Å². The number of nitrogens with zero attached hydrogens (tertiary/aromatic N) is 2. The normalized spacial score (nSPS) is 12.1. The van der Waals surface area contributed by atoms with Crippen LogP contribution >= 0.6 is 15.9 Å². The van der Waals surface area contributed by atoms with Crippen LogP contribution in [0, 0.1) is 0 Å². The van der Waals surface area contributed by atoms with Gasteiger partial charge in [-0.25, -0.2) is 4.98 Å². The van der Waals surface area contributed by atoms with E-state index < -0.39 is 0 Å². The topological polar surface area (TPSA) is 77.5 Å². The number of aromatic nitrogens is 2. The highest BCUT2D eigenvalue weighted by Gasteiger charge is 2.20. The molecule has 3 aromatic rings. The summed E-state index contributed by atoms with van der Waals surface area (Å²) in [6.07, 6.45) is 1.48. The zero-order chi connectivity index (χ0) is 19.3. The number of fused-ring (bicyclic) bond motifs is 2. The van der Waals surface area contributed by atoms with E-state index in [-0.39, 0.29) is 0 Å². The highest BCUT2D eigenvalue weighted by molar-refractivity contribution is 9.10. The molecule has 8 heteroatoms. The van der Waals surface area contributed by atoms with Gasteiger partial charge in [-0.2, -0.15) is 4.98 Å². The van der Waals surface area contributed by atoms with E-state index in [2.05, 4.69) is 36.5 Å². The molecule has 2 aromatic carbocycles. The minimum absolute atomic E-state index is 0.472. The second kappa shape index (κ2) is 8.45. The summed E-state index contributed by atoms with van der Waals surface area (Å²) in [5.41, 5.74) is 2.59. The number of ether oxygens (including phenoxy) is 3. The van der Waals surface area contributed by atoms with Crippen molar-refractivity contribution in [2.45, 2.75) is 6.54 Å². The summed E-state index contributed by atoms with van der Waals surface area (Å²) in [6, 6.07) is 13.6.